The van der Waals surface area contributed by atoms with Gasteiger partial charge in [-0.15, -0.1) is 0 Å². The van der Waals surface area contributed by atoms with Gasteiger partial charge in [0.15, 0.2) is 0 Å². The van der Waals surface area contributed by atoms with Crippen molar-refractivity contribution in [2.45, 2.75) is 33.7 Å². The molecule has 0 aromatic heterocycles. The molecule has 0 unspecified atom stereocenters. The third kappa shape index (κ3) is 2.99. The molecule has 0 aliphatic carbocycles. The van der Waals surface area contributed by atoms with Crippen molar-refractivity contribution < 1.29 is 14.8 Å². The van der Waals surface area contributed by atoms with Crippen molar-refractivity contribution in [2.75, 3.05) is 7.05 Å². The monoisotopic (exact) mass is 202 g/mol. The van der Waals surface area contributed by atoms with E-state index in [1.54, 1.807) is 27.7 Å². The van der Waals surface area contributed by atoms with Gasteiger partial charge in [0, 0.05) is 12.5 Å². The van der Waals surface area contributed by atoms with Crippen LogP contribution in [-0.2, 0) is 9.59 Å². The molecular formula is C9H18N2O3. The summed E-state index contributed by atoms with van der Waals surface area (Å²) in [6.45, 7) is 6.87. The van der Waals surface area contributed by atoms with Crippen molar-refractivity contribution in [3.63, 3.8) is 0 Å². The lowest BCUT2D eigenvalue weighted by atomic mass is 9.94. The maximum absolute atomic E-state index is 11.7. The Morgan fingerprint density at radius 1 is 1.36 bits per heavy atom. The summed E-state index contributed by atoms with van der Waals surface area (Å²) in [5.41, 5.74) is 0.990. The molecule has 2 N–H and O–H groups in total. The summed E-state index contributed by atoms with van der Waals surface area (Å²) < 4.78 is 0. The van der Waals surface area contributed by atoms with Crippen LogP contribution in [-0.4, -0.2) is 35.0 Å². The van der Waals surface area contributed by atoms with Crippen molar-refractivity contribution in [3.05, 3.63) is 0 Å². The molecule has 0 fully saturated rings. The van der Waals surface area contributed by atoms with Crippen LogP contribution in [0.2, 0.25) is 0 Å². The van der Waals surface area contributed by atoms with Crippen LogP contribution in [0.25, 0.3) is 0 Å². The number of hydrogen-bond acceptors (Lipinski definition) is 3. The molecule has 14 heavy (non-hydrogen) atoms. The highest BCUT2D eigenvalue weighted by atomic mass is 16.5. The molecule has 0 radical (unpaired) electrons. The molecule has 0 saturated heterocycles. The molecule has 0 aliphatic rings. The van der Waals surface area contributed by atoms with Crippen LogP contribution in [0.15, 0.2) is 0 Å². The average Bonchev–Trinajstić information content (AvgIpc) is 2.11. The number of hydroxylamine groups is 1. The summed E-state index contributed by atoms with van der Waals surface area (Å²) in [6, 6.07) is -0.674. The molecule has 0 aliphatic heterocycles. The normalized spacial score (nSPS) is 13.3. The zero-order chi connectivity index (χ0) is 11.5. The molecule has 0 aromatic rings. The third-order valence-corrected chi connectivity index (χ3v) is 2.03. The highest BCUT2D eigenvalue weighted by molar-refractivity contribution is 5.88. The van der Waals surface area contributed by atoms with Crippen LogP contribution in [0.3, 0.4) is 0 Å². The average molecular weight is 202 g/mol. The van der Waals surface area contributed by atoms with Crippen LogP contribution in [0.4, 0.5) is 0 Å². The summed E-state index contributed by atoms with van der Waals surface area (Å²) in [5.74, 6) is -0.737. The van der Waals surface area contributed by atoms with E-state index in [0.717, 1.165) is 0 Å². The van der Waals surface area contributed by atoms with Gasteiger partial charge >= 0.3 is 0 Å². The van der Waals surface area contributed by atoms with E-state index in [-0.39, 0.29) is 5.91 Å². The van der Waals surface area contributed by atoms with Gasteiger partial charge in [0.05, 0.1) is 0 Å². The van der Waals surface area contributed by atoms with E-state index in [1.807, 2.05) is 0 Å². The summed E-state index contributed by atoms with van der Waals surface area (Å²) in [4.78, 5) is 24.0. The topological polar surface area (TPSA) is 69.6 Å². The number of likely N-dealkylation sites (N-methyl/N-ethyl adjacent to an activating group) is 1. The molecule has 82 valence electrons. The first-order chi connectivity index (χ1) is 6.21. The molecule has 0 aromatic carbocycles. The van der Waals surface area contributed by atoms with E-state index in [9.17, 15) is 9.59 Å². The van der Waals surface area contributed by atoms with Gasteiger partial charge < -0.3 is 4.90 Å². The first-order valence-electron chi connectivity index (χ1n) is 4.43. The summed E-state index contributed by atoms with van der Waals surface area (Å²) in [6.07, 6.45) is 0. The van der Waals surface area contributed by atoms with Gasteiger partial charge in [0.1, 0.15) is 6.04 Å². The lowest BCUT2D eigenvalue weighted by Crippen LogP contribution is -2.48. The summed E-state index contributed by atoms with van der Waals surface area (Å²) in [5, 5.41) is 8.40. The molecule has 0 rings (SSSR count). The van der Waals surface area contributed by atoms with E-state index >= 15 is 0 Å². The van der Waals surface area contributed by atoms with Crippen molar-refractivity contribution in [2.24, 2.45) is 5.41 Å². The predicted molar refractivity (Wildman–Crippen MR) is 51.6 cm³/mol. The highest BCUT2D eigenvalue weighted by Crippen LogP contribution is 2.17. The van der Waals surface area contributed by atoms with Crippen LogP contribution in [0.1, 0.15) is 27.7 Å². The van der Waals surface area contributed by atoms with Gasteiger partial charge in [-0.1, -0.05) is 20.8 Å². The Morgan fingerprint density at radius 3 is 2.07 bits per heavy atom. The van der Waals surface area contributed by atoms with E-state index < -0.39 is 17.4 Å². The first-order valence-corrected chi connectivity index (χ1v) is 4.43. The molecule has 0 bridgehead atoms. The zero-order valence-corrected chi connectivity index (χ0v) is 9.29. The number of nitrogens with one attached hydrogen (secondary N) is 1. The largest absolute Gasteiger partial charge is 0.333 e. The minimum Gasteiger partial charge on any atom is -0.333 e. The Hall–Kier alpha value is -1.10. The fourth-order valence-electron chi connectivity index (χ4n) is 0.974. The van der Waals surface area contributed by atoms with Crippen molar-refractivity contribution in [3.8, 4) is 0 Å². The number of carbonyl (C=O) groups excluding carboxylic acids is 2. The van der Waals surface area contributed by atoms with Gasteiger partial charge in [-0.05, 0) is 6.92 Å². The van der Waals surface area contributed by atoms with Crippen molar-refractivity contribution in [1.82, 2.24) is 10.4 Å². The van der Waals surface area contributed by atoms with Crippen LogP contribution < -0.4 is 5.48 Å². The molecule has 1 atom stereocenters. The third-order valence-electron chi connectivity index (χ3n) is 2.03. The van der Waals surface area contributed by atoms with Crippen molar-refractivity contribution in [1.29, 1.82) is 0 Å². The predicted octanol–water partition coefficient (Wildman–Crippen LogP) is 0.385. The summed E-state index contributed by atoms with van der Waals surface area (Å²) >= 11 is 0. The molecule has 0 spiro atoms. The molecule has 5 nitrogen and oxygen atoms in total. The minimum atomic E-state index is -0.674. The maximum atomic E-state index is 11.7. The SMILES string of the molecule is C[C@H](C(=O)NO)N(C)C(=O)C(C)(C)C. The lowest BCUT2D eigenvalue weighted by molar-refractivity contribution is -0.147. The number of hydrogen-bond donors (Lipinski definition) is 2. The Morgan fingerprint density at radius 2 is 1.79 bits per heavy atom. The van der Waals surface area contributed by atoms with Gasteiger partial charge in [0.25, 0.3) is 5.91 Å². The zero-order valence-electron chi connectivity index (χ0n) is 9.29. The number of amides is 2. The molecule has 5 heteroatoms. The van der Waals surface area contributed by atoms with E-state index in [1.165, 1.54) is 17.4 Å². The number of nitrogens with zero attached hydrogens (tertiary/aromatic N) is 1. The standard InChI is InChI=1S/C9H18N2O3/c1-6(7(12)10-14)11(5)8(13)9(2,3)4/h6,14H,1-5H3,(H,10,12)/t6-/m1/s1. The van der Waals surface area contributed by atoms with Crippen molar-refractivity contribution >= 4 is 11.8 Å². The van der Waals surface area contributed by atoms with Gasteiger partial charge in [0.2, 0.25) is 5.91 Å². The van der Waals surface area contributed by atoms with E-state index in [2.05, 4.69) is 0 Å². The maximum Gasteiger partial charge on any atom is 0.265 e. The number of carbonyl (C=O) groups is 2. The smallest absolute Gasteiger partial charge is 0.265 e. The highest BCUT2D eigenvalue weighted by Gasteiger charge is 2.30. The fraction of sp³-hybridized carbons (Fsp3) is 0.778. The van der Waals surface area contributed by atoms with Crippen LogP contribution >= 0.6 is 0 Å². The van der Waals surface area contributed by atoms with Gasteiger partial charge in [-0.3, -0.25) is 14.8 Å². The Bertz CT molecular complexity index is 233. The minimum absolute atomic E-state index is 0.145. The van der Waals surface area contributed by atoms with Crippen LogP contribution in [0.5, 0.6) is 0 Å². The lowest BCUT2D eigenvalue weighted by Gasteiger charge is -2.29. The fourth-order valence-corrected chi connectivity index (χ4v) is 0.974. The molecule has 0 heterocycles. The molecular weight excluding hydrogens is 184 g/mol. The first kappa shape index (κ1) is 12.9. The Labute approximate surface area is 84.0 Å². The molecule has 2 amide bonds. The second kappa shape index (κ2) is 4.41. The quantitative estimate of drug-likeness (QED) is 0.502. The Balaban J connectivity index is 4.55. The van der Waals surface area contributed by atoms with E-state index in [0.29, 0.717) is 0 Å². The summed E-state index contributed by atoms with van der Waals surface area (Å²) in [7, 11) is 1.54. The van der Waals surface area contributed by atoms with Gasteiger partial charge in [-0.2, -0.15) is 0 Å². The Kier molecular flexibility index (Phi) is 4.07. The van der Waals surface area contributed by atoms with E-state index in [4.69, 9.17) is 5.21 Å². The second-order valence-electron chi connectivity index (χ2n) is 4.32. The van der Waals surface area contributed by atoms with Gasteiger partial charge in [-0.25, -0.2) is 5.48 Å². The van der Waals surface area contributed by atoms with Crippen LogP contribution in [0, 0.1) is 5.41 Å². The molecule has 0 saturated carbocycles. The number of rotatable bonds is 2. The second-order valence-corrected chi connectivity index (χ2v) is 4.32.